The molecule has 6 heteroatoms. The summed E-state index contributed by atoms with van der Waals surface area (Å²) in [5.41, 5.74) is 5.41. The number of carbonyl (C=O) groups excluding carboxylic acids is 1. The summed E-state index contributed by atoms with van der Waals surface area (Å²) in [6.45, 7) is 5.17. The standard InChI is InChI=1S/C12H16N2O4/c1-12(2,3)18-11(17)10-9(13)7(4-5-14-10)6-8(15)16/h4-5H,6,13H2,1-3H3,(H,15,16). The number of pyridine rings is 1. The van der Waals surface area contributed by atoms with Crippen molar-refractivity contribution in [3.63, 3.8) is 0 Å². The minimum Gasteiger partial charge on any atom is -0.481 e. The molecule has 0 aromatic carbocycles. The third-order valence-corrected chi connectivity index (χ3v) is 2.01. The highest BCUT2D eigenvalue weighted by atomic mass is 16.6. The summed E-state index contributed by atoms with van der Waals surface area (Å²) in [4.78, 5) is 26.3. The monoisotopic (exact) mass is 252 g/mol. The van der Waals surface area contributed by atoms with E-state index < -0.39 is 17.5 Å². The molecule has 0 saturated carbocycles. The second-order valence-electron chi connectivity index (χ2n) is 4.80. The van der Waals surface area contributed by atoms with E-state index in [1.165, 1.54) is 12.3 Å². The van der Waals surface area contributed by atoms with E-state index in [-0.39, 0.29) is 17.8 Å². The number of nitrogens with two attached hydrogens (primary N) is 1. The first-order chi connectivity index (χ1) is 8.20. The number of hydrogen-bond acceptors (Lipinski definition) is 5. The van der Waals surface area contributed by atoms with E-state index in [1.807, 2.05) is 0 Å². The molecule has 18 heavy (non-hydrogen) atoms. The Hall–Kier alpha value is -2.11. The Labute approximate surface area is 105 Å². The molecular formula is C12H16N2O4. The highest BCUT2D eigenvalue weighted by molar-refractivity contribution is 5.94. The molecule has 0 spiro atoms. The lowest BCUT2D eigenvalue weighted by Crippen LogP contribution is -2.25. The molecule has 0 amide bonds. The Balaban J connectivity index is 3.03. The molecule has 0 aliphatic heterocycles. The zero-order valence-corrected chi connectivity index (χ0v) is 10.6. The molecule has 0 saturated heterocycles. The number of hydrogen-bond donors (Lipinski definition) is 2. The first kappa shape index (κ1) is 14.0. The molecule has 1 aromatic rings. The van der Waals surface area contributed by atoms with Gasteiger partial charge in [-0.2, -0.15) is 0 Å². The van der Waals surface area contributed by atoms with Crippen LogP contribution < -0.4 is 5.73 Å². The van der Waals surface area contributed by atoms with E-state index in [9.17, 15) is 9.59 Å². The van der Waals surface area contributed by atoms with Crippen molar-refractivity contribution in [1.29, 1.82) is 0 Å². The Kier molecular flexibility index (Phi) is 3.90. The van der Waals surface area contributed by atoms with Gasteiger partial charge < -0.3 is 15.6 Å². The topological polar surface area (TPSA) is 103 Å². The van der Waals surface area contributed by atoms with Crippen LogP contribution in [0, 0.1) is 0 Å². The number of ether oxygens (including phenoxy) is 1. The molecule has 98 valence electrons. The lowest BCUT2D eigenvalue weighted by molar-refractivity contribution is -0.136. The highest BCUT2D eigenvalue weighted by Gasteiger charge is 2.22. The van der Waals surface area contributed by atoms with Gasteiger partial charge in [-0.05, 0) is 32.4 Å². The third-order valence-electron chi connectivity index (χ3n) is 2.01. The van der Waals surface area contributed by atoms with Crippen LogP contribution >= 0.6 is 0 Å². The number of aliphatic carboxylic acids is 1. The van der Waals surface area contributed by atoms with Gasteiger partial charge in [-0.15, -0.1) is 0 Å². The minimum atomic E-state index is -1.02. The molecule has 0 fully saturated rings. The minimum absolute atomic E-state index is 0.0501. The van der Waals surface area contributed by atoms with Crippen LogP contribution in [0.5, 0.6) is 0 Å². The molecule has 0 aliphatic rings. The normalized spacial score (nSPS) is 11.1. The van der Waals surface area contributed by atoms with E-state index in [0.717, 1.165) is 0 Å². The van der Waals surface area contributed by atoms with E-state index >= 15 is 0 Å². The maximum atomic E-state index is 11.8. The van der Waals surface area contributed by atoms with Gasteiger partial charge in [0.05, 0.1) is 12.1 Å². The fourth-order valence-electron chi connectivity index (χ4n) is 1.32. The number of nitrogen functional groups attached to an aromatic ring is 1. The summed E-state index contributed by atoms with van der Waals surface area (Å²) in [5.74, 6) is -1.68. The Morgan fingerprint density at radius 2 is 2.06 bits per heavy atom. The van der Waals surface area contributed by atoms with Crippen LogP contribution in [-0.4, -0.2) is 27.6 Å². The van der Waals surface area contributed by atoms with Crippen molar-refractivity contribution in [1.82, 2.24) is 4.98 Å². The lowest BCUT2D eigenvalue weighted by atomic mass is 10.1. The Morgan fingerprint density at radius 1 is 1.44 bits per heavy atom. The van der Waals surface area contributed by atoms with Crippen LogP contribution in [0.1, 0.15) is 36.8 Å². The van der Waals surface area contributed by atoms with Crippen molar-refractivity contribution in [3.8, 4) is 0 Å². The zero-order chi connectivity index (χ0) is 13.9. The molecule has 0 unspecified atom stereocenters. The maximum absolute atomic E-state index is 11.8. The molecule has 3 N–H and O–H groups in total. The van der Waals surface area contributed by atoms with Gasteiger partial charge in [0.2, 0.25) is 0 Å². The number of carboxylic acids is 1. The largest absolute Gasteiger partial charge is 0.481 e. The number of aromatic nitrogens is 1. The van der Waals surface area contributed by atoms with Crippen LogP contribution in [0.3, 0.4) is 0 Å². The second kappa shape index (κ2) is 5.03. The van der Waals surface area contributed by atoms with E-state index in [0.29, 0.717) is 5.56 Å². The fourth-order valence-corrected chi connectivity index (χ4v) is 1.32. The van der Waals surface area contributed by atoms with Crippen molar-refractivity contribution in [2.75, 3.05) is 5.73 Å². The first-order valence-electron chi connectivity index (χ1n) is 5.39. The van der Waals surface area contributed by atoms with Crippen molar-refractivity contribution in [3.05, 3.63) is 23.5 Å². The van der Waals surface area contributed by atoms with Crippen molar-refractivity contribution < 1.29 is 19.4 Å². The molecule has 1 rings (SSSR count). The van der Waals surface area contributed by atoms with Gasteiger partial charge in [0.15, 0.2) is 5.69 Å². The number of carboxylic acid groups (broad SMARTS) is 1. The summed E-state index contributed by atoms with van der Waals surface area (Å²) in [6.07, 6.45) is 1.08. The maximum Gasteiger partial charge on any atom is 0.359 e. The third kappa shape index (κ3) is 3.73. The molecule has 1 heterocycles. The van der Waals surface area contributed by atoms with E-state index in [1.54, 1.807) is 20.8 Å². The van der Waals surface area contributed by atoms with Gasteiger partial charge in [0.1, 0.15) is 5.60 Å². The first-order valence-corrected chi connectivity index (χ1v) is 5.39. The highest BCUT2D eigenvalue weighted by Crippen LogP contribution is 2.19. The van der Waals surface area contributed by atoms with Crippen LogP contribution in [0.4, 0.5) is 5.69 Å². The Morgan fingerprint density at radius 3 is 2.56 bits per heavy atom. The van der Waals surface area contributed by atoms with Gasteiger partial charge >= 0.3 is 11.9 Å². The van der Waals surface area contributed by atoms with Crippen LogP contribution in [0.2, 0.25) is 0 Å². The summed E-state index contributed by atoms with van der Waals surface area (Å²) < 4.78 is 5.14. The predicted octanol–water partition coefficient (Wildman–Crippen LogP) is 1.25. The van der Waals surface area contributed by atoms with Crippen molar-refractivity contribution in [2.24, 2.45) is 0 Å². The van der Waals surface area contributed by atoms with Gasteiger partial charge in [-0.25, -0.2) is 9.78 Å². The lowest BCUT2D eigenvalue weighted by Gasteiger charge is -2.19. The number of rotatable bonds is 3. The van der Waals surface area contributed by atoms with Gasteiger partial charge in [0, 0.05) is 6.20 Å². The average molecular weight is 252 g/mol. The van der Waals surface area contributed by atoms with Gasteiger partial charge in [0.25, 0.3) is 0 Å². The fraction of sp³-hybridized carbons (Fsp3) is 0.417. The zero-order valence-electron chi connectivity index (χ0n) is 10.6. The van der Waals surface area contributed by atoms with E-state index in [2.05, 4.69) is 4.98 Å². The second-order valence-corrected chi connectivity index (χ2v) is 4.80. The molecule has 0 radical (unpaired) electrons. The molecule has 1 aromatic heterocycles. The van der Waals surface area contributed by atoms with Crippen molar-refractivity contribution in [2.45, 2.75) is 32.8 Å². The predicted molar refractivity (Wildman–Crippen MR) is 65.2 cm³/mol. The van der Waals surface area contributed by atoms with Crippen LogP contribution in [-0.2, 0) is 16.0 Å². The molecule has 0 bridgehead atoms. The molecular weight excluding hydrogens is 236 g/mol. The summed E-state index contributed by atoms with van der Waals surface area (Å²) in [7, 11) is 0. The average Bonchev–Trinajstić information content (AvgIpc) is 2.17. The van der Waals surface area contributed by atoms with Gasteiger partial charge in [-0.3, -0.25) is 4.79 Å². The SMILES string of the molecule is CC(C)(C)OC(=O)c1nccc(CC(=O)O)c1N. The van der Waals surface area contributed by atoms with Crippen molar-refractivity contribution >= 4 is 17.6 Å². The van der Waals surface area contributed by atoms with E-state index in [4.69, 9.17) is 15.6 Å². The quantitative estimate of drug-likeness (QED) is 0.785. The van der Waals surface area contributed by atoms with Crippen LogP contribution in [0.15, 0.2) is 12.3 Å². The smallest absolute Gasteiger partial charge is 0.359 e. The Bertz CT molecular complexity index is 477. The number of nitrogens with zero attached hydrogens (tertiary/aromatic N) is 1. The molecule has 0 atom stereocenters. The summed E-state index contributed by atoms with van der Waals surface area (Å²) >= 11 is 0. The number of anilines is 1. The summed E-state index contributed by atoms with van der Waals surface area (Å²) in [5, 5.41) is 8.72. The molecule has 0 aliphatic carbocycles. The number of carbonyl (C=O) groups is 2. The summed E-state index contributed by atoms with van der Waals surface area (Å²) in [6, 6.07) is 1.47. The van der Waals surface area contributed by atoms with Crippen LogP contribution in [0.25, 0.3) is 0 Å². The number of esters is 1. The molecule has 6 nitrogen and oxygen atoms in total. The van der Waals surface area contributed by atoms with Gasteiger partial charge in [-0.1, -0.05) is 0 Å².